The molecule has 0 aromatic carbocycles. The predicted octanol–water partition coefficient (Wildman–Crippen LogP) is -4.07. The number of carboxylic acid groups (broad SMARTS) is 4. The van der Waals surface area contributed by atoms with E-state index in [1.165, 1.54) is 0 Å². The minimum absolute atomic E-state index is 0. The van der Waals surface area contributed by atoms with Gasteiger partial charge < -0.3 is 30.6 Å². The molecule has 0 aliphatic rings. The van der Waals surface area contributed by atoms with Crippen molar-refractivity contribution in [2.45, 2.75) is 13.8 Å². The van der Waals surface area contributed by atoms with Gasteiger partial charge in [-0.25, -0.2) is 19.2 Å². The van der Waals surface area contributed by atoms with E-state index in [0.717, 1.165) is 13.8 Å². The van der Waals surface area contributed by atoms with Crippen LogP contribution >= 0.6 is 0 Å². The topological polar surface area (TPSA) is 190 Å². The summed E-state index contributed by atoms with van der Waals surface area (Å²) in [4.78, 5) is 40.7. The standard InChI is InChI=1S/2C6H8O5.Na/c2*1-3(5(8)9)4(2-7)6(10)11;/h2*7H,2H2,1H3,(H,8,9)(H,10,11);/q;;+1/b2*4-3-;. The van der Waals surface area contributed by atoms with Crippen molar-refractivity contribution in [2.24, 2.45) is 0 Å². The van der Waals surface area contributed by atoms with Crippen LogP contribution in [-0.4, -0.2) is 67.7 Å². The third-order valence-electron chi connectivity index (χ3n) is 2.38. The fourth-order valence-corrected chi connectivity index (χ4v) is 0.951. The maximum absolute atomic E-state index is 10.2. The molecule has 0 rings (SSSR count). The van der Waals surface area contributed by atoms with Crippen LogP contribution in [-0.2, 0) is 19.2 Å². The summed E-state index contributed by atoms with van der Waals surface area (Å²) in [6.45, 7) is 0.713. The predicted molar refractivity (Wildman–Crippen MR) is 70.1 cm³/mol. The van der Waals surface area contributed by atoms with Crippen molar-refractivity contribution >= 4 is 23.9 Å². The molecule has 0 saturated carbocycles. The molecule has 0 saturated heterocycles. The monoisotopic (exact) mass is 343 g/mol. The first-order valence-electron chi connectivity index (χ1n) is 5.55. The molecule has 0 fully saturated rings. The zero-order chi connectivity index (χ0) is 18.0. The van der Waals surface area contributed by atoms with Gasteiger partial charge in [-0.05, 0) is 13.8 Å². The van der Waals surface area contributed by atoms with Gasteiger partial charge in [-0.1, -0.05) is 0 Å². The number of aliphatic hydroxyl groups is 2. The van der Waals surface area contributed by atoms with Crippen molar-refractivity contribution in [1.29, 1.82) is 0 Å². The number of carboxylic acids is 4. The van der Waals surface area contributed by atoms with Gasteiger partial charge in [0.15, 0.2) is 0 Å². The quantitative estimate of drug-likeness (QED) is 0.204. The minimum atomic E-state index is -1.41. The fraction of sp³-hybridized carbons (Fsp3) is 0.333. The molecule has 11 heteroatoms. The van der Waals surface area contributed by atoms with Gasteiger partial charge in [0.25, 0.3) is 0 Å². The number of aliphatic hydroxyl groups excluding tert-OH is 2. The van der Waals surface area contributed by atoms with Crippen LogP contribution in [0.15, 0.2) is 22.3 Å². The maximum Gasteiger partial charge on any atom is 1.00 e. The molecule has 0 aromatic rings. The second-order valence-corrected chi connectivity index (χ2v) is 3.74. The average molecular weight is 343 g/mol. The zero-order valence-corrected chi connectivity index (χ0v) is 14.7. The Kier molecular flexibility index (Phi) is 14.6. The van der Waals surface area contributed by atoms with Gasteiger partial charge in [-0.3, -0.25) is 0 Å². The summed E-state index contributed by atoms with van der Waals surface area (Å²) in [7, 11) is 0. The molecule has 0 radical (unpaired) electrons. The summed E-state index contributed by atoms with van der Waals surface area (Å²) < 4.78 is 0. The Hall–Kier alpha value is -1.72. The molecule has 10 nitrogen and oxygen atoms in total. The third-order valence-corrected chi connectivity index (χ3v) is 2.38. The first-order chi connectivity index (χ1) is 10.0. The van der Waals surface area contributed by atoms with E-state index >= 15 is 0 Å². The first-order valence-corrected chi connectivity index (χ1v) is 5.55. The molecule has 6 N–H and O–H groups in total. The molecular formula is C12H16NaO10+. The average Bonchev–Trinajstić information content (AvgIpc) is 2.39. The normalized spacial score (nSPS) is 11.7. The summed E-state index contributed by atoms with van der Waals surface area (Å²) in [5.74, 6) is -5.49. The van der Waals surface area contributed by atoms with E-state index in [1.54, 1.807) is 0 Å². The molecule has 0 heterocycles. The van der Waals surface area contributed by atoms with E-state index in [0.29, 0.717) is 0 Å². The second-order valence-electron chi connectivity index (χ2n) is 3.74. The van der Waals surface area contributed by atoms with Crippen molar-refractivity contribution in [1.82, 2.24) is 0 Å². The van der Waals surface area contributed by atoms with Gasteiger partial charge in [0, 0.05) is 11.1 Å². The molecule has 23 heavy (non-hydrogen) atoms. The molecule has 0 bridgehead atoms. The third kappa shape index (κ3) is 9.81. The van der Waals surface area contributed by atoms with Gasteiger partial charge in [-0.2, -0.15) is 0 Å². The van der Waals surface area contributed by atoms with Crippen molar-refractivity contribution in [3.05, 3.63) is 22.3 Å². The molecule has 0 aliphatic carbocycles. The van der Waals surface area contributed by atoms with Crippen molar-refractivity contribution in [3.63, 3.8) is 0 Å². The van der Waals surface area contributed by atoms with Gasteiger partial charge in [0.2, 0.25) is 0 Å². The van der Waals surface area contributed by atoms with E-state index in [2.05, 4.69) is 0 Å². The number of rotatable bonds is 6. The Morgan fingerprint density at radius 1 is 0.609 bits per heavy atom. The number of hydrogen-bond acceptors (Lipinski definition) is 6. The number of hydrogen-bond donors (Lipinski definition) is 6. The Morgan fingerprint density at radius 2 is 0.826 bits per heavy atom. The molecule has 124 valence electrons. The van der Waals surface area contributed by atoms with Crippen LogP contribution in [0.4, 0.5) is 0 Å². The fourth-order valence-electron chi connectivity index (χ4n) is 0.951. The Morgan fingerprint density at radius 3 is 0.870 bits per heavy atom. The maximum atomic E-state index is 10.2. The van der Waals surface area contributed by atoms with Crippen LogP contribution in [0, 0.1) is 0 Å². The van der Waals surface area contributed by atoms with Crippen molar-refractivity contribution < 1.29 is 79.4 Å². The SMILES string of the molecule is C/C(C(=O)O)=C(\CO)C(=O)O.C/C(C(=O)O)=C(\CO)C(=O)O.[Na+]. The van der Waals surface area contributed by atoms with E-state index in [1.807, 2.05) is 0 Å². The number of carbonyl (C=O) groups is 4. The van der Waals surface area contributed by atoms with Crippen LogP contribution in [0.3, 0.4) is 0 Å². The minimum Gasteiger partial charge on any atom is -0.478 e. The summed E-state index contributed by atoms with van der Waals surface area (Å²) in [5.41, 5.74) is -1.67. The molecule has 0 unspecified atom stereocenters. The van der Waals surface area contributed by atoms with Crippen molar-refractivity contribution in [2.75, 3.05) is 13.2 Å². The van der Waals surface area contributed by atoms with E-state index < -0.39 is 48.2 Å². The van der Waals surface area contributed by atoms with Gasteiger partial charge in [0.1, 0.15) is 0 Å². The van der Waals surface area contributed by atoms with Crippen LogP contribution in [0.5, 0.6) is 0 Å². The first kappa shape index (κ1) is 26.2. The van der Waals surface area contributed by atoms with E-state index in [-0.39, 0.29) is 40.7 Å². The molecule has 0 spiro atoms. The summed E-state index contributed by atoms with van der Waals surface area (Å²) in [6.07, 6.45) is 0. The Bertz CT molecular complexity index is 484. The van der Waals surface area contributed by atoms with Crippen molar-refractivity contribution in [3.8, 4) is 0 Å². The van der Waals surface area contributed by atoms with Crippen LogP contribution in [0.1, 0.15) is 13.8 Å². The van der Waals surface area contributed by atoms with Crippen LogP contribution < -0.4 is 29.6 Å². The van der Waals surface area contributed by atoms with E-state index in [9.17, 15) is 19.2 Å². The Labute approximate surface area is 152 Å². The van der Waals surface area contributed by atoms with Crippen LogP contribution in [0.25, 0.3) is 0 Å². The van der Waals surface area contributed by atoms with Gasteiger partial charge in [0.05, 0.1) is 24.4 Å². The Balaban J connectivity index is -0.000000333. The molecule has 0 aromatic heterocycles. The number of aliphatic carboxylic acids is 4. The molecule has 0 aliphatic heterocycles. The van der Waals surface area contributed by atoms with Gasteiger partial charge in [-0.15, -0.1) is 0 Å². The van der Waals surface area contributed by atoms with Gasteiger partial charge >= 0.3 is 53.4 Å². The smallest absolute Gasteiger partial charge is 0.478 e. The molecular weight excluding hydrogens is 327 g/mol. The summed E-state index contributed by atoms with van der Waals surface area (Å²) >= 11 is 0. The second kappa shape index (κ2) is 12.8. The van der Waals surface area contributed by atoms with E-state index in [4.69, 9.17) is 30.6 Å². The van der Waals surface area contributed by atoms with Crippen LogP contribution in [0.2, 0.25) is 0 Å². The molecule has 0 amide bonds. The molecule has 0 atom stereocenters. The zero-order valence-electron chi connectivity index (χ0n) is 12.7. The largest absolute Gasteiger partial charge is 1.00 e. The summed E-state index contributed by atoms with van der Waals surface area (Å²) in [6, 6.07) is 0. The summed E-state index contributed by atoms with van der Waals surface area (Å²) in [5, 5.41) is 50.1.